The number of carbonyl (C=O) groups is 1. The van der Waals surface area contributed by atoms with Crippen molar-refractivity contribution in [2.24, 2.45) is 0 Å². The molecule has 2 rings (SSSR count). The smallest absolute Gasteiger partial charge is 0.234 e. The molecule has 0 N–H and O–H groups in total. The predicted octanol–water partition coefficient (Wildman–Crippen LogP) is 3.33. The van der Waals surface area contributed by atoms with Gasteiger partial charge in [-0.3, -0.25) is 4.79 Å². The molecule has 2 aromatic rings. The van der Waals surface area contributed by atoms with Crippen LogP contribution < -0.4 is 4.74 Å². The van der Waals surface area contributed by atoms with E-state index in [-0.39, 0.29) is 11.3 Å². The summed E-state index contributed by atoms with van der Waals surface area (Å²) in [5.41, 5.74) is 2.19. The third kappa shape index (κ3) is 3.27. The zero-order valence-electron chi connectivity index (χ0n) is 9.91. The Morgan fingerprint density at radius 3 is 2.89 bits per heavy atom. The Morgan fingerprint density at radius 2 is 2.32 bits per heavy atom. The Hall–Kier alpha value is -1.53. The molecule has 0 aliphatic carbocycles. The van der Waals surface area contributed by atoms with E-state index in [0.717, 1.165) is 11.1 Å². The largest absolute Gasteiger partial charge is 0.472 e. The quantitative estimate of drug-likeness (QED) is 0.671. The fourth-order valence-electron chi connectivity index (χ4n) is 1.66. The summed E-state index contributed by atoms with van der Waals surface area (Å²) in [6.07, 6.45) is 3.35. The lowest BCUT2D eigenvalue weighted by Crippen LogP contribution is -2.05. The van der Waals surface area contributed by atoms with Crippen LogP contribution in [0.25, 0.3) is 6.08 Å². The van der Waals surface area contributed by atoms with Crippen molar-refractivity contribution < 1.29 is 9.53 Å². The van der Waals surface area contributed by atoms with Crippen molar-refractivity contribution in [3.05, 3.63) is 53.7 Å². The van der Waals surface area contributed by atoms with Crippen LogP contribution in [0, 0.1) is 0 Å². The third-order valence-corrected chi connectivity index (χ3v) is 3.21. The molecule has 0 saturated carbocycles. The van der Waals surface area contributed by atoms with Crippen LogP contribution in [0.2, 0.25) is 0 Å². The summed E-state index contributed by atoms with van der Waals surface area (Å²) in [5.74, 6) is 0.446. The van der Waals surface area contributed by atoms with E-state index < -0.39 is 0 Å². The summed E-state index contributed by atoms with van der Waals surface area (Å²) >= 11 is 6.99. The first-order chi connectivity index (χ1) is 9.11. The number of hydrogen-bond donors (Lipinski definition) is 1. The van der Waals surface area contributed by atoms with Crippen LogP contribution >= 0.6 is 28.7 Å². The molecule has 1 aromatic carbocycles. The van der Waals surface area contributed by atoms with Gasteiger partial charge in [-0.15, -0.1) is 5.10 Å². The minimum Gasteiger partial charge on any atom is -0.472 e. The highest BCUT2D eigenvalue weighted by molar-refractivity contribution is 9.18. The van der Waals surface area contributed by atoms with Crippen molar-refractivity contribution in [3.8, 4) is 5.88 Å². The molecule has 0 aliphatic rings. The molecule has 4 nitrogen and oxygen atoms in total. The fourth-order valence-corrected chi connectivity index (χ4v) is 2.19. The molecule has 0 amide bonds. The molecule has 1 aromatic heterocycles. The maximum Gasteiger partial charge on any atom is 0.234 e. The SMILES string of the molecule is C=Cc1cccc(C(=O)Br)c1COc1ccn(S)n1. The first-order valence-corrected chi connectivity index (χ1v) is 6.63. The Balaban J connectivity index is 2.27. The van der Waals surface area contributed by atoms with Gasteiger partial charge < -0.3 is 4.74 Å². The molecule has 19 heavy (non-hydrogen) atoms. The number of rotatable bonds is 5. The molecule has 0 saturated heterocycles. The lowest BCUT2D eigenvalue weighted by Gasteiger charge is -2.10. The van der Waals surface area contributed by atoms with Crippen LogP contribution in [0.3, 0.4) is 0 Å². The molecule has 0 spiro atoms. The molecule has 0 fully saturated rings. The van der Waals surface area contributed by atoms with Gasteiger partial charge in [0.25, 0.3) is 0 Å². The summed E-state index contributed by atoms with van der Waals surface area (Å²) in [6, 6.07) is 7.11. The van der Waals surface area contributed by atoms with Crippen LogP contribution in [-0.2, 0) is 6.61 Å². The van der Waals surface area contributed by atoms with Gasteiger partial charge in [0.15, 0.2) is 0 Å². The van der Waals surface area contributed by atoms with E-state index in [1.807, 2.05) is 6.07 Å². The second kappa shape index (κ2) is 6.08. The summed E-state index contributed by atoms with van der Waals surface area (Å²) < 4.78 is 6.71. The van der Waals surface area contributed by atoms with E-state index in [0.29, 0.717) is 11.4 Å². The second-order valence-corrected chi connectivity index (χ2v) is 4.84. The number of hydrogen-bond acceptors (Lipinski definition) is 4. The molecule has 1 heterocycles. The summed E-state index contributed by atoms with van der Waals surface area (Å²) in [4.78, 5) is 11.5. The van der Waals surface area contributed by atoms with E-state index in [2.05, 4.69) is 40.4 Å². The maximum absolute atomic E-state index is 11.5. The molecule has 0 bridgehead atoms. The zero-order chi connectivity index (χ0) is 13.8. The predicted molar refractivity (Wildman–Crippen MR) is 80.7 cm³/mol. The first-order valence-electron chi connectivity index (χ1n) is 5.43. The van der Waals surface area contributed by atoms with Crippen molar-refractivity contribution in [3.63, 3.8) is 0 Å². The normalized spacial score (nSPS) is 10.2. The van der Waals surface area contributed by atoms with Gasteiger partial charge >= 0.3 is 0 Å². The van der Waals surface area contributed by atoms with E-state index in [9.17, 15) is 4.79 Å². The van der Waals surface area contributed by atoms with E-state index >= 15 is 0 Å². The highest BCUT2D eigenvalue weighted by atomic mass is 79.9. The number of benzene rings is 1. The summed E-state index contributed by atoms with van der Waals surface area (Å²) in [5, 5.41) is 3.99. The van der Waals surface area contributed by atoms with Crippen molar-refractivity contribution in [1.29, 1.82) is 0 Å². The third-order valence-electron chi connectivity index (χ3n) is 2.56. The van der Waals surface area contributed by atoms with Crippen LogP contribution in [0.4, 0.5) is 0 Å². The molecule has 0 atom stereocenters. The number of carbonyl (C=O) groups excluding carboxylic acids is 1. The second-order valence-electron chi connectivity index (χ2n) is 3.71. The number of nitrogens with zero attached hydrogens (tertiary/aromatic N) is 2. The van der Waals surface area contributed by atoms with Crippen molar-refractivity contribution in [2.45, 2.75) is 6.61 Å². The minimum atomic E-state index is -0.186. The number of thiol groups is 1. The van der Waals surface area contributed by atoms with Crippen LogP contribution in [-0.4, -0.2) is 13.9 Å². The summed E-state index contributed by atoms with van der Waals surface area (Å²) in [7, 11) is 0. The van der Waals surface area contributed by atoms with Crippen LogP contribution in [0.15, 0.2) is 37.0 Å². The summed E-state index contributed by atoms with van der Waals surface area (Å²) in [6.45, 7) is 3.97. The average molecular weight is 339 g/mol. The minimum absolute atomic E-state index is 0.186. The Morgan fingerprint density at radius 1 is 1.53 bits per heavy atom. The van der Waals surface area contributed by atoms with Crippen LogP contribution in [0.5, 0.6) is 5.88 Å². The average Bonchev–Trinajstić information content (AvgIpc) is 2.81. The molecular formula is C13H11BrN2O2S. The molecular weight excluding hydrogens is 328 g/mol. The van der Waals surface area contributed by atoms with E-state index in [1.54, 1.807) is 30.5 Å². The zero-order valence-corrected chi connectivity index (χ0v) is 12.4. The topological polar surface area (TPSA) is 44.1 Å². The van der Waals surface area contributed by atoms with Gasteiger partial charge in [0.1, 0.15) is 6.61 Å². The monoisotopic (exact) mass is 338 g/mol. The molecule has 98 valence electrons. The van der Waals surface area contributed by atoms with Crippen molar-refractivity contribution in [1.82, 2.24) is 9.19 Å². The standard InChI is InChI=1S/C13H11BrN2O2S/c1-2-9-4-3-5-10(13(14)17)11(9)8-18-12-6-7-16(19)15-12/h2-7,19H,1,8H2. The van der Waals surface area contributed by atoms with Gasteiger partial charge in [0.05, 0.1) is 0 Å². The first kappa shape index (κ1) is 13.9. The number of ether oxygens (including phenoxy) is 1. The maximum atomic E-state index is 11.5. The Kier molecular flexibility index (Phi) is 4.44. The van der Waals surface area contributed by atoms with Gasteiger partial charge in [-0.05, 0) is 34.3 Å². The van der Waals surface area contributed by atoms with Crippen molar-refractivity contribution >= 4 is 39.5 Å². The van der Waals surface area contributed by atoms with E-state index in [4.69, 9.17) is 4.74 Å². The van der Waals surface area contributed by atoms with Gasteiger partial charge in [-0.1, -0.05) is 30.9 Å². The Bertz CT molecular complexity index is 625. The van der Waals surface area contributed by atoms with Gasteiger partial charge in [0, 0.05) is 23.4 Å². The molecule has 0 radical (unpaired) electrons. The van der Waals surface area contributed by atoms with Crippen molar-refractivity contribution in [2.75, 3.05) is 0 Å². The van der Waals surface area contributed by atoms with Crippen LogP contribution in [0.1, 0.15) is 21.5 Å². The van der Waals surface area contributed by atoms with Gasteiger partial charge in [-0.25, -0.2) is 4.09 Å². The number of halogens is 1. The lowest BCUT2D eigenvalue weighted by atomic mass is 10.0. The molecule has 0 unspecified atom stereocenters. The van der Waals surface area contributed by atoms with Gasteiger partial charge in [0.2, 0.25) is 10.6 Å². The van der Waals surface area contributed by atoms with E-state index in [1.165, 1.54) is 4.09 Å². The highest BCUT2D eigenvalue weighted by Crippen LogP contribution is 2.21. The highest BCUT2D eigenvalue weighted by Gasteiger charge is 2.12. The fraction of sp³-hybridized carbons (Fsp3) is 0.0769. The lowest BCUT2D eigenvalue weighted by molar-refractivity contribution is 0.109. The molecule has 0 aliphatic heterocycles. The molecule has 6 heteroatoms. The Labute approximate surface area is 124 Å². The van der Waals surface area contributed by atoms with Gasteiger partial charge in [-0.2, -0.15) is 0 Å². The number of aromatic nitrogens is 2.